The van der Waals surface area contributed by atoms with E-state index >= 15 is 0 Å². The summed E-state index contributed by atoms with van der Waals surface area (Å²) in [7, 11) is 0. The summed E-state index contributed by atoms with van der Waals surface area (Å²) in [4.78, 5) is 22.6. The van der Waals surface area contributed by atoms with Crippen molar-refractivity contribution in [3.63, 3.8) is 0 Å². The number of nitrogens with one attached hydrogen (secondary N) is 1. The van der Waals surface area contributed by atoms with Crippen LogP contribution < -0.4 is 5.48 Å². The largest absolute Gasteiger partial charge is 0.478 e. The van der Waals surface area contributed by atoms with E-state index < -0.39 is 30.4 Å². The number of hydrogen-bond acceptors (Lipinski definition) is 4. The van der Waals surface area contributed by atoms with Crippen LogP contribution in [-0.2, 0) is 0 Å². The zero-order valence-corrected chi connectivity index (χ0v) is 10.4. The van der Waals surface area contributed by atoms with Crippen LogP contribution in [-0.4, -0.2) is 34.3 Å². The lowest BCUT2D eigenvalue weighted by Crippen LogP contribution is -2.42. The van der Waals surface area contributed by atoms with Gasteiger partial charge in [-0.25, -0.2) is 4.79 Å². The molecule has 0 amide bonds. The average Bonchev–Trinajstić information content (AvgIpc) is 2.34. The van der Waals surface area contributed by atoms with Gasteiger partial charge in [-0.05, 0) is 18.6 Å². The number of aryl methyl sites for hydroxylation is 1. The molecule has 0 aromatic heterocycles. The molecule has 0 aliphatic heterocycles. The summed E-state index contributed by atoms with van der Waals surface area (Å²) in [5, 5.41) is 17.3. The highest BCUT2D eigenvalue weighted by Gasteiger charge is 2.40. The lowest BCUT2D eigenvalue weighted by atomic mass is 9.99. The van der Waals surface area contributed by atoms with E-state index in [1.54, 1.807) is 0 Å². The maximum atomic E-state index is 12.4. The van der Waals surface area contributed by atoms with Gasteiger partial charge >= 0.3 is 12.1 Å². The minimum atomic E-state index is -4.79. The molecule has 0 aliphatic carbocycles. The molecule has 1 aromatic carbocycles. The van der Waals surface area contributed by atoms with Gasteiger partial charge in [0.2, 0.25) is 0 Å². The smallest absolute Gasteiger partial charge is 0.406 e. The number of aromatic carboxylic acids is 1. The SMILES string of the molecule is Cc1ccc(C(=O)CC(NO)C(F)(F)F)cc1C(=O)O. The van der Waals surface area contributed by atoms with E-state index in [0.717, 1.165) is 11.5 Å². The molecule has 0 bridgehead atoms. The van der Waals surface area contributed by atoms with Crippen LogP contribution in [0.15, 0.2) is 18.2 Å². The molecule has 0 fully saturated rings. The third-order valence-corrected chi connectivity index (χ3v) is 2.73. The van der Waals surface area contributed by atoms with Crippen LogP contribution in [0.2, 0.25) is 0 Å². The van der Waals surface area contributed by atoms with E-state index in [1.807, 2.05) is 0 Å². The molecule has 5 nitrogen and oxygen atoms in total. The Bertz CT molecular complexity index is 528. The molecule has 0 saturated carbocycles. The number of rotatable bonds is 5. The second-order valence-corrected chi connectivity index (χ2v) is 4.19. The highest BCUT2D eigenvalue weighted by atomic mass is 19.4. The van der Waals surface area contributed by atoms with Gasteiger partial charge in [0.1, 0.15) is 6.04 Å². The van der Waals surface area contributed by atoms with Crippen molar-refractivity contribution in [3.8, 4) is 0 Å². The summed E-state index contributed by atoms with van der Waals surface area (Å²) < 4.78 is 37.2. The summed E-state index contributed by atoms with van der Waals surface area (Å²) in [6.07, 6.45) is -5.81. The topological polar surface area (TPSA) is 86.6 Å². The normalized spacial score (nSPS) is 13.1. The molecular formula is C12H12F3NO4. The number of carbonyl (C=O) groups excluding carboxylic acids is 1. The summed E-state index contributed by atoms with van der Waals surface area (Å²) in [5.74, 6) is -2.19. The Morgan fingerprint density at radius 1 is 1.35 bits per heavy atom. The van der Waals surface area contributed by atoms with Crippen molar-refractivity contribution in [2.45, 2.75) is 25.6 Å². The van der Waals surface area contributed by atoms with Gasteiger partial charge < -0.3 is 10.3 Å². The maximum Gasteiger partial charge on any atom is 0.406 e. The number of ketones is 1. The van der Waals surface area contributed by atoms with E-state index in [9.17, 15) is 22.8 Å². The molecular weight excluding hydrogens is 279 g/mol. The third kappa shape index (κ3) is 3.78. The summed E-state index contributed by atoms with van der Waals surface area (Å²) >= 11 is 0. The Morgan fingerprint density at radius 2 is 1.95 bits per heavy atom. The van der Waals surface area contributed by atoms with Crippen LogP contribution in [0.3, 0.4) is 0 Å². The number of carbonyl (C=O) groups is 2. The number of hydroxylamine groups is 1. The number of carboxylic acids is 1. The van der Waals surface area contributed by atoms with Crippen LogP contribution in [0, 0.1) is 6.92 Å². The van der Waals surface area contributed by atoms with E-state index in [0.29, 0.717) is 5.56 Å². The van der Waals surface area contributed by atoms with Crippen molar-refractivity contribution in [1.82, 2.24) is 5.48 Å². The number of Topliss-reactive ketones (excluding diaryl/α,β-unsaturated/α-hetero) is 1. The molecule has 0 radical (unpaired) electrons. The maximum absolute atomic E-state index is 12.4. The first-order valence-electron chi connectivity index (χ1n) is 5.50. The van der Waals surface area contributed by atoms with Crippen LogP contribution in [0.5, 0.6) is 0 Å². The van der Waals surface area contributed by atoms with Crippen LogP contribution >= 0.6 is 0 Å². The Morgan fingerprint density at radius 3 is 2.40 bits per heavy atom. The van der Waals surface area contributed by atoms with E-state index in [4.69, 9.17) is 10.3 Å². The number of hydrogen-bond donors (Lipinski definition) is 3. The molecule has 1 aromatic rings. The molecule has 0 aliphatic rings. The van der Waals surface area contributed by atoms with Crippen molar-refractivity contribution >= 4 is 11.8 Å². The molecule has 1 rings (SSSR count). The van der Waals surface area contributed by atoms with Crippen LogP contribution in [0.25, 0.3) is 0 Å². The molecule has 20 heavy (non-hydrogen) atoms. The zero-order chi connectivity index (χ0) is 15.5. The lowest BCUT2D eigenvalue weighted by Gasteiger charge is -2.17. The average molecular weight is 291 g/mol. The molecule has 0 saturated heterocycles. The van der Waals surface area contributed by atoms with Gasteiger partial charge in [-0.3, -0.25) is 4.79 Å². The molecule has 8 heteroatoms. The first-order chi connectivity index (χ1) is 9.16. The number of benzene rings is 1. The minimum Gasteiger partial charge on any atom is -0.478 e. The van der Waals surface area contributed by atoms with Gasteiger partial charge in [-0.15, -0.1) is 0 Å². The van der Waals surface area contributed by atoms with Gasteiger partial charge in [-0.2, -0.15) is 18.7 Å². The third-order valence-electron chi connectivity index (χ3n) is 2.73. The molecule has 3 N–H and O–H groups in total. The predicted octanol–water partition coefficient (Wildman–Crippen LogP) is 2.18. The summed E-state index contributed by atoms with van der Waals surface area (Å²) in [6, 6.07) is 1.20. The molecule has 0 spiro atoms. The second-order valence-electron chi connectivity index (χ2n) is 4.19. The fourth-order valence-electron chi connectivity index (χ4n) is 1.56. The van der Waals surface area contributed by atoms with E-state index in [2.05, 4.69) is 0 Å². The van der Waals surface area contributed by atoms with Crippen molar-refractivity contribution in [3.05, 3.63) is 34.9 Å². The van der Waals surface area contributed by atoms with Gasteiger partial charge in [0, 0.05) is 12.0 Å². The Balaban J connectivity index is 2.98. The summed E-state index contributed by atoms with van der Waals surface area (Å²) in [6.45, 7) is 1.51. The second kappa shape index (κ2) is 6.02. The van der Waals surface area contributed by atoms with Crippen LogP contribution in [0.4, 0.5) is 13.2 Å². The molecule has 0 heterocycles. The minimum absolute atomic E-state index is 0.155. The summed E-state index contributed by atoms with van der Waals surface area (Å²) in [5.41, 5.74) is 1.11. The Labute approximate surface area is 112 Å². The number of alkyl halides is 3. The molecule has 1 unspecified atom stereocenters. The van der Waals surface area contributed by atoms with Gasteiger partial charge in [0.15, 0.2) is 5.78 Å². The van der Waals surface area contributed by atoms with E-state index in [1.165, 1.54) is 19.1 Å². The fraction of sp³-hybridized carbons (Fsp3) is 0.333. The predicted molar refractivity (Wildman–Crippen MR) is 61.9 cm³/mol. The highest BCUT2D eigenvalue weighted by Crippen LogP contribution is 2.24. The van der Waals surface area contributed by atoms with Crippen molar-refractivity contribution in [2.75, 3.05) is 0 Å². The quantitative estimate of drug-likeness (QED) is 0.572. The number of carboxylic acid groups (broad SMARTS) is 1. The fourth-order valence-corrected chi connectivity index (χ4v) is 1.56. The highest BCUT2D eigenvalue weighted by molar-refractivity contribution is 5.99. The Hall–Kier alpha value is -1.93. The van der Waals surface area contributed by atoms with E-state index in [-0.39, 0.29) is 11.1 Å². The number of halogens is 3. The first kappa shape index (κ1) is 16.1. The van der Waals surface area contributed by atoms with Crippen molar-refractivity contribution in [1.29, 1.82) is 0 Å². The van der Waals surface area contributed by atoms with Crippen LogP contribution in [0.1, 0.15) is 32.7 Å². The van der Waals surface area contributed by atoms with Crippen molar-refractivity contribution in [2.24, 2.45) is 0 Å². The van der Waals surface area contributed by atoms with Gasteiger partial charge in [-0.1, -0.05) is 12.1 Å². The van der Waals surface area contributed by atoms with Gasteiger partial charge in [0.05, 0.1) is 5.56 Å². The molecule has 1 atom stereocenters. The van der Waals surface area contributed by atoms with Gasteiger partial charge in [0.25, 0.3) is 0 Å². The molecule has 110 valence electrons. The first-order valence-corrected chi connectivity index (χ1v) is 5.50. The van der Waals surface area contributed by atoms with Crippen molar-refractivity contribution < 1.29 is 33.1 Å². The standard InChI is InChI=1S/C12H12F3NO4/c1-6-2-3-7(4-8(6)11(18)19)9(17)5-10(16-20)12(13,14)15/h2-4,10,16,20H,5H2,1H3,(H,18,19). The Kier molecular flexibility index (Phi) is 4.85. The zero-order valence-electron chi connectivity index (χ0n) is 10.4. The monoisotopic (exact) mass is 291 g/mol. The lowest BCUT2D eigenvalue weighted by molar-refractivity contribution is -0.175.